The number of thiocarbonyl (C=S) groups is 1. The van der Waals surface area contributed by atoms with E-state index in [1.807, 2.05) is 55.5 Å². The number of rotatable bonds is 5. The lowest BCUT2D eigenvalue weighted by Gasteiger charge is -2.36. The zero-order valence-electron chi connectivity index (χ0n) is 18.3. The first kappa shape index (κ1) is 21.3. The van der Waals surface area contributed by atoms with Crippen LogP contribution in [0.1, 0.15) is 31.7 Å². The predicted octanol–water partition coefficient (Wildman–Crippen LogP) is 5.01. The van der Waals surface area contributed by atoms with Crippen molar-refractivity contribution in [1.29, 1.82) is 0 Å². The van der Waals surface area contributed by atoms with Crippen molar-refractivity contribution in [2.45, 2.75) is 33.7 Å². The van der Waals surface area contributed by atoms with E-state index >= 15 is 0 Å². The Morgan fingerprint density at radius 1 is 1.10 bits per heavy atom. The molecule has 0 amide bonds. The van der Waals surface area contributed by atoms with Crippen LogP contribution in [0.4, 0.5) is 11.8 Å². The van der Waals surface area contributed by atoms with Crippen LogP contribution in [0.15, 0.2) is 52.9 Å². The molecule has 7 heteroatoms. The maximum Gasteiger partial charge on any atom is 0.231 e. The topological polar surface area (TPSA) is 66.2 Å². The Bertz CT molecular complexity index is 1030. The van der Waals surface area contributed by atoms with E-state index in [4.69, 9.17) is 21.6 Å². The molecule has 0 spiro atoms. The van der Waals surface area contributed by atoms with Crippen LogP contribution < -0.4 is 15.5 Å². The van der Waals surface area contributed by atoms with E-state index in [-0.39, 0.29) is 0 Å². The maximum absolute atomic E-state index is 5.92. The molecule has 3 heterocycles. The zero-order valence-corrected chi connectivity index (χ0v) is 19.1. The number of nitrogens with zero attached hydrogens (tertiary/aromatic N) is 3. The van der Waals surface area contributed by atoms with Crippen LogP contribution >= 0.6 is 12.2 Å². The normalized spacial score (nSPS) is 18.6. The highest BCUT2D eigenvalue weighted by Crippen LogP contribution is 2.26. The van der Waals surface area contributed by atoms with Crippen molar-refractivity contribution in [2.75, 3.05) is 23.3 Å². The van der Waals surface area contributed by atoms with E-state index in [9.17, 15) is 0 Å². The number of aryl methyl sites for hydroxylation is 1. The fourth-order valence-electron chi connectivity index (χ4n) is 4.16. The van der Waals surface area contributed by atoms with Crippen molar-refractivity contribution in [3.63, 3.8) is 0 Å². The van der Waals surface area contributed by atoms with Crippen LogP contribution in [-0.2, 0) is 6.54 Å². The van der Waals surface area contributed by atoms with Gasteiger partial charge < -0.3 is 20.0 Å². The lowest BCUT2D eigenvalue weighted by atomic mass is 9.92. The molecular weight excluding hydrogens is 406 g/mol. The van der Waals surface area contributed by atoms with Crippen LogP contribution in [0, 0.1) is 18.8 Å². The van der Waals surface area contributed by atoms with Gasteiger partial charge in [0.05, 0.1) is 6.54 Å². The summed E-state index contributed by atoms with van der Waals surface area (Å²) in [6, 6.07) is 16.0. The van der Waals surface area contributed by atoms with Crippen LogP contribution in [-0.4, -0.2) is 28.2 Å². The van der Waals surface area contributed by atoms with Gasteiger partial charge in [-0.05, 0) is 49.5 Å². The van der Waals surface area contributed by atoms with Gasteiger partial charge in [0.2, 0.25) is 5.95 Å². The maximum atomic E-state index is 5.92. The van der Waals surface area contributed by atoms with Gasteiger partial charge in [0, 0.05) is 30.4 Å². The van der Waals surface area contributed by atoms with Crippen molar-refractivity contribution in [3.05, 3.63) is 60.0 Å². The first-order valence-corrected chi connectivity index (χ1v) is 11.2. The molecule has 0 radical (unpaired) electrons. The van der Waals surface area contributed by atoms with E-state index in [0.717, 1.165) is 41.7 Å². The monoisotopic (exact) mass is 435 g/mol. The third kappa shape index (κ3) is 5.61. The van der Waals surface area contributed by atoms with E-state index < -0.39 is 0 Å². The molecule has 2 atom stereocenters. The second-order valence-electron chi connectivity index (χ2n) is 8.48. The average Bonchev–Trinajstić information content (AvgIpc) is 3.21. The molecule has 0 aliphatic carbocycles. The van der Waals surface area contributed by atoms with Crippen LogP contribution in [0.2, 0.25) is 0 Å². The number of benzene rings is 1. The van der Waals surface area contributed by atoms with Crippen molar-refractivity contribution in [1.82, 2.24) is 15.3 Å². The number of piperidine rings is 1. The largest absolute Gasteiger partial charge is 0.459 e. The Labute approximate surface area is 189 Å². The Kier molecular flexibility index (Phi) is 6.51. The quantitative estimate of drug-likeness (QED) is 0.546. The molecule has 162 valence electrons. The molecule has 2 N–H and O–H groups in total. The number of nitrogens with one attached hydrogen (secondary N) is 2. The molecule has 1 fully saturated rings. The summed E-state index contributed by atoms with van der Waals surface area (Å²) >= 11 is 5.46. The molecule has 0 bridgehead atoms. The van der Waals surface area contributed by atoms with Gasteiger partial charge in [-0.25, -0.2) is 4.98 Å². The number of hydrogen-bond donors (Lipinski definition) is 2. The van der Waals surface area contributed by atoms with E-state index in [1.54, 1.807) is 0 Å². The molecule has 0 unspecified atom stereocenters. The Balaban J connectivity index is 1.36. The van der Waals surface area contributed by atoms with Crippen molar-refractivity contribution in [2.24, 2.45) is 11.8 Å². The molecule has 0 saturated carbocycles. The number of furan rings is 1. The third-order valence-corrected chi connectivity index (χ3v) is 5.65. The van der Waals surface area contributed by atoms with Gasteiger partial charge >= 0.3 is 0 Å². The standard InChI is InChI=1S/C24H29N5OS/c1-16-11-17(2)15-29(14-16)22-12-18(3)26-23(27-22)28-24(31)25-13-20-9-10-21(30-20)19-7-5-4-6-8-19/h4-10,12,16-17H,11,13-15H2,1-3H3,(H2,25,26,27,28,31)/t16-,17-/m0/s1. The minimum Gasteiger partial charge on any atom is -0.459 e. The second kappa shape index (κ2) is 9.47. The first-order chi connectivity index (χ1) is 15.0. The summed E-state index contributed by atoms with van der Waals surface area (Å²) in [7, 11) is 0. The highest BCUT2D eigenvalue weighted by molar-refractivity contribution is 7.80. The smallest absolute Gasteiger partial charge is 0.231 e. The lowest BCUT2D eigenvalue weighted by molar-refractivity contribution is 0.355. The molecule has 1 saturated heterocycles. The predicted molar refractivity (Wildman–Crippen MR) is 129 cm³/mol. The van der Waals surface area contributed by atoms with E-state index in [0.29, 0.717) is 29.4 Å². The Morgan fingerprint density at radius 3 is 2.58 bits per heavy atom. The first-order valence-electron chi connectivity index (χ1n) is 10.8. The number of anilines is 2. The molecule has 2 aromatic heterocycles. The highest BCUT2D eigenvalue weighted by atomic mass is 32.1. The van der Waals surface area contributed by atoms with Crippen molar-refractivity contribution in [3.8, 4) is 11.3 Å². The van der Waals surface area contributed by atoms with Gasteiger partial charge in [0.15, 0.2) is 5.11 Å². The summed E-state index contributed by atoms with van der Waals surface area (Å²) in [4.78, 5) is 11.6. The third-order valence-electron chi connectivity index (χ3n) is 5.40. The molecule has 1 aromatic carbocycles. The Hall–Kier alpha value is -2.93. The van der Waals surface area contributed by atoms with Crippen LogP contribution in [0.3, 0.4) is 0 Å². The van der Waals surface area contributed by atoms with Gasteiger partial charge in [-0.15, -0.1) is 0 Å². The van der Waals surface area contributed by atoms with Crippen molar-refractivity contribution < 1.29 is 4.42 Å². The zero-order chi connectivity index (χ0) is 21.8. The highest BCUT2D eigenvalue weighted by Gasteiger charge is 2.23. The summed E-state index contributed by atoms with van der Waals surface area (Å²) in [5, 5.41) is 6.77. The Morgan fingerprint density at radius 2 is 1.84 bits per heavy atom. The molecule has 31 heavy (non-hydrogen) atoms. The van der Waals surface area contributed by atoms with E-state index in [1.165, 1.54) is 6.42 Å². The van der Waals surface area contributed by atoms with Gasteiger partial charge in [-0.1, -0.05) is 44.2 Å². The fourth-order valence-corrected chi connectivity index (χ4v) is 4.33. The van der Waals surface area contributed by atoms with Gasteiger partial charge in [-0.2, -0.15) is 4.98 Å². The van der Waals surface area contributed by atoms with Gasteiger partial charge in [-0.3, -0.25) is 0 Å². The van der Waals surface area contributed by atoms with Crippen LogP contribution in [0.5, 0.6) is 0 Å². The summed E-state index contributed by atoms with van der Waals surface area (Å²) < 4.78 is 5.92. The second-order valence-corrected chi connectivity index (χ2v) is 8.89. The van der Waals surface area contributed by atoms with Gasteiger partial charge in [0.25, 0.3) is 0 Å². The van der Waals surface area contributed by atoms with Crippen molar-refractivity contribution >= 4 is 29.1 Å². The minimum atomic E-state index is 0.467. The SMILES string of the molecule is Cc1cc(N2C[C@@H](C)C[C@H](C)C2)nc(NC(=S)NCc2ccc(-c3ccccc3)o2)n1. The summed E-state index contributed by atoms with van der Waals surface area (Å²) in [6.45, 7) is 9.10. The number of aromatic nitrogens is 2. The van der Waals surface area contributed by atoms with Crippen LogP contribution in [0.25, 0.3) is 11.3 Å². The molecule has 4 rings (SSSR count). The number of hydrogen-bond acceptors (Lipinski definition) is 5. The summed E-state index contributed by atoms with van der Waals surface area (Å²) in [5.74, 6) is 4.44. The summed E-state index contributed by atoms with van der Waals surface area (Å²) in [5.41, 5.74) is 1.97. The minimum absolute atomic E-state index is 0.467. The molecule has 6 nitrogen and oxygen atoms in total. The van der Waals surface area contributed by atoms with E-state index in [2.05, 4.69) is 34.4 Å². The molecule has 1 aliphatic rings. The summed E-state index contributed by atoms with van der Waals surface area (Å²) in [6.07, 6.45) is 1.26. The molecule has 3 aromatic rings. The molecular formula is C24H29N5OS. The van der Waals surface area contributed by atoms with Gasteiger partial charge in [0.1, 0.15) is 17.3 Å². The lowest BCUT2D eigenvalue weighted by Crippen LogP contribution is -2.39. The fraction of sp³-hybridized carbons (Fsp3) is 0.375. The molecule has 1 aliphatic heterocycles. The average molecular weight is 436 g/mol.